The van der Waals surface area contributed by atoms with Crippen LogP contribution in [-0.4, -0.2) is 25.0 Å². The summed E-state index contributed by atoms with van der Waals surface area (Å²) in [7, 11) is 1.60. The minimum atomic E-state index is -1.10. The second kappa shape index (κ2) is 8.18. The molecule has 2 amide bonds. The van der Waals surface area contributed by atoms with Gasteiger partial charge in [-0.1, -0.05) is 37.5 Å². The average Bonchev–Trinajstić information content (AvgIpc) is 2.60. The van der Waals surface area contributed by atoms with Crippen LogP contribution in [-0.2, 0) is 16.1 Å². The number of nitrogens with one attached hydrogen (secondary N) is 2. The van der Waals surface area contributed by atoms with Crippen LogP contribution < -0.4 is 15.4 Å². The van der Waals surface area contributed by atoms with Gasteiger partial charge in [-0.25, -0.2) is 0 Å². The van der Waals surface area contributed by atoms with Crippen LogP contribution in [0.15, 0.2) is 24.3 Å². The number of methoxy groups -OCH3 is 1. The maximum Gasteiger partial charge on any atom is 0.235 e. The summed E-state index contributed by atoms with van der Waals surface area (Å²) in [6.45, 7) is 3.68. The lowest BCUT2D eigenvalue weighted by Gasteiger charge is -2.28. The van der Waals surface area contributed by atoms with Crippen molar-refractivity contribution in [1.82, 2.24) is 10.6 Å². The molecular weight excluding hydrogens is 304 g/mol. The van der Waals surface area contributed by atoms with Crippen molar-refractivity contribution in [2.75, 3.05) is 7.11 Å². The first kappa shape index (κ1) is 18.3. The molecule has 0 radical (unpaired) electrons. The van der Waals surface area contributed by atoms with Gasteiger partial charge in [0.25, 0.3) is 0 Å². The minimum Gasteiger partial charge on any atom is -0.496 e. The quantitative estimate of drug-likeness (QED) is 0.787. The molecule has 1 aliphatic rings. The Morgan fingerprint density at radius 1 is 1.12 bits per heavy atom. The monoisotopic (exact) mass is 332 g/mol. The fourth-order valence-corrected chi connectivity index (χ4v) is 2.96. The summed E-state index contributed by atoms with van der Waals surface area (Å²) in [5.41, 5.74) is -0.212. The lowest BCUT2D eigenvalue weighted by molar-refractivity contribution is -0.142. The summed E-state index contributed by atoms with van der Waals surface area (Å²) in [4.78, 5) is 25.0. The number of para-hydroxylation sites is 1. The zero-order chi connectivity index (χ0) is 17.6. The molecular formula is C19H28N2O3. The number of carbonyl (C=O) groups is 2. The van der Waals surface area contributed by atoms with Crippen LogP contribution in [0.5, 0.6) is 5.75 Å². The summed E-state index contributed by atoms with van der Waals surface area (Å²) < 4.78 is 5.28. The molecule has 1 aromatic rings. The highest BCUT2D eigenvalue weighted by molar-refractivity contribution is 6.04. The predicted molar refractivity (Wildman–Crippen MR) is 93.6 cm³/mol. The normalized spacial score (nSPS) is 15.6. The largest absolute Gasteiger partial charge is 0.496 e. The Labute approximate surface area is 144 Å². The average molecular weight is 332 g/mol. The Kier molecular flexibility index (Phi) is 6.23. The first-order valence-electron chi connectivity index (χ1n) is 8.66. The maximum absolute atomic E-state index is 12.5. The summed E-state index contributed by atoms with van der Waals surface area (Å²) in [6, 6.07) is 7.72. The SMILES string of the molecule is COc1ccccc1CNC(=O)C(C)(C)C(=O)NC1CCCCC1. The van der Waals surface area contributed by atoms with Gasteiger partial charge in [0.15, 0.2) is 0 Å². The van der Waals surface area contributed by atoms with Gasteiger partial charge < -0.3 is 15.4 Å². The molecule has 0 atom stereocenters. The highest BCUT2D eigenvalue weighted by Crippen LogP contribution is 2.22. The summed E-state index contributed by atoms with van der Waals surface area (Å²) in [6.07, 6.45) is 5.53. The zero-order valence-electron chi connectivity index (χ0n) is 14.9. The Morgan fingerprint density at radius 3 is 2.46 bits per heavy atom. The van der Waals surface area contributed by atoms with Gasteiger partial charge in [0, 0.05) is 18.2 Å². The van der Waals surface area contributed by atoms with Crippen LogP contribution in [0.25, 0.3) is 0 Å². The molecule has 0 spiro atoms. The number of benzene rings is 1. The molecule has 1 fully saturated rings. The fourth-order valence-electron chi connectivity index (χ4n) is 2.96. The van der Waals surface area contributed by atoms with Crippen molar-refractivity contribution in [2.45, 2.75) is 58.5 Å². The molecule has 24 heavy (non-hydrogen) atoms. The Balaban J connectivity index is 1.92. The molecule has 5 heteroatoms. The minimum absolute atomic E-state index is 0.201. The number of hydrogen-bond acceptors (Lipinski definition) is 3. The first-order valence-corrected chi connectivity index (χ1v) is 8.66. The maximum atomic E-state index is 12.5. The van der Waals surface area contributed by atoms with Gasteiger partial charge in [0.2, 0.25) is 11.8 Å². The second-order valence-electron chi connectivity index (χ2n) is 6.93. The van der Waals surface area contributed by atoms with E-state index in [1.165, 1.54) is 6.42 Å². The van der Waals surface area contributed by atoms with Crippen LogP contribution in [0.1, 0.15) is 51.5 Å². The van der Waals surface area contributed by atoms with Gasteiger partial charge in [-0.2, -0.15) is 0 Å². The van der Waals surface area contributed by atoms with E-state index in [1.54, 1.807) is 21.0 Å². The van der Waals surface area contributed by atoms with Crippen molar-refractivity contribution in [2.24, 2.45) is 5.41 Å². The van der Waals surface area contributed by atoms with E-state index in [0.717, 1.165) is 37.0 Å². The lowest BCUT2D eigenvalue weighted by atomic mass is 9.89. The van der Waals surface area contributed by atoms with E-state index in [2.05, 4.69) is 10.6 Å². The second-order valence-corrected chi connectivity index (χ2v) is 6.93. The molecule has 132 valence electrons. The molecule has 0 aromatic heterocycles. The third-order valence-electron chi connectivity index (χ3n) is 4.71. The topological polar surface area (TPSA) is 67.4 Å². The van der Waals surface area contributed by atoms with Crippen molar-refractivity contribution in [3.8, 4) is 5.75 Å². The fraction of sp³-hybridized carbons (Fsp3) is 0.579. The molecule has 1 aliphatic carbocycles. The lowest BCUT2D eigenvalue weighted by Crippen LogP contribution is -2.50. The van der Waals surface area contributed by atoms with Gasteiger partial charge >= 0.3 is 0 Å². The first-order chi connectivity index (χ1) is 11.4. The van der Waals surface area contributed by atoms with Gasteiger partial charge in [0.05, 0.1) is 7.11 Å². The van der Waals surface area contributed by atoms with E-state index in [9.17, 15) is 9.59 Å². The van der Waals surface area contributed by atoms with Crippen LogP contribution >= 0.6 is 0 Å². The van der Waals surface area contributed by atoms with Crippen molar-refractivity contribution >= 4 is 11.8 Å². The van der Waals surface area contributed by atoms with E-state index in [4.69, 9.17) is 4.74 Å². The van der Waals surface area contributed by atoms with Crippen LogP contribution in [0.4, 0.5) is 0 Å². The predicted octanol–water partition coefficient (Wildman–Crippen LogP) is 2.79. The van der Waals surface area contributed by atoms with Gasteiger partial charge in [-0.3, -0.25) is 9.59 Å². The molecule has 0 unspecified atom stereocenters. The Hall–Kier alpha value is -2.04. The van der Waals surface area contributed by atoms with Crippen LogP contribution in [0, 0.1) is 5.41 Å². The van der Waals surface area contributed by atoms with Gasteiger partial charge in [0.1, 0.15) is 11.2 Å². The van der Waals surface area contributed by atoms with Crippen molar-refractivity contribution in [3.63, 3.8) is 0 Å². The number of rotatable bonds is 6. The number of hydrogen-bond donors (Lipinski definition) is 2. The van der Waals surface area contributed by atoms with Gasteiger partial charge in [-0.05, 0) is 32.8 Å². The number of ether oxygens (including phenoxy) is 1. The molecule has 0 saturated heterocycles. The van der Waals surface area contributed by atoms with Crippen molar-refractivity contribution < 1.29 is 14.3 Å². The van der Waals surface area contributed by atoms with E-state index in [1.807, 2.05) is 24.3 Å². The summed E-state index contributed by atoms with van der Waals surface area (Å²) >= 11 is 0. The zero-order valence-corrected chi connectivity index (χ0v) is 14.9. The van der Waals surface area contributed by atoms with E-state index in [0.29, 0.717) is 6.54 Å². The third-order valence-corrected chi connectivity index (χ3v) is 4.71. The Bertz CT molecular complexity index is 578. The smallest absolute Gasteiger partial charge is 0.235 e. The number of carbonyl (C=O) groups excluding carboxylic acids is 2. The molecule has 2 N–H and O–H groups in total. The molecule has 1 aromatic carbocycles. The molecule has 2 rings (SSSR count). The van der Waals surface area contributed by atoms with Gasteiger partial charge in [-0.15, -0.1) is 0 Å². The van der Waals surface area contributed by atoms with Crippen LogP contribution in [0.2, 0.25) is 0 Å². The highest BCUT2D eigenvalue weighted by Gasteiger charge is 2.37. The Morgan fingerprint density at radius 2 is 1.79 bits per heavy atom. The summed E-state index contributed by atoms with van der Waals surface area (Å²) in [5.74, 6) is 0.246. The van der Waals surface area contributed by atoms with E-state index >= 15 is 0 Å². The molecule has 1 saturated carbocycles. The summed E-state index contributed by atoms with van der Waals surface area (Å²) in [5, 5.41) is 5.89. The molecule has 0 bridgehead atoms. The van der Waals surface area contributed by atoms with E-state index < -0.39 is 5.41 Å². The standard InChI is InChI=1S/C19H28N2O3/c1-19(2,18(23)21-15-10-5-4-6-11-15)17(22)20-13-14-9-7-8-12-16(14)24-3/h7-9,12,15H,4-6,10-11,13H2,1-3H3,(H,20,22)(H,21,23). The van der Waals surface area contributed by atoms with Crippen molar-refractivity contribution in [1.29, 1.82) is 0 Å². The van der Waals surface area contributed by atoms with Crippen LogP contribution in [0.3, 0.4) is 0 Å². The van der Waals surface area contributed by atoms with Crippen molar-refractivity contribution in [3.05, 3.63) is 29.8 Å². The highest BCUT2D eigenvalue weighted by atomic mass is 16.5. The number of amides is 2. The third kappa shape index (κ3) is 4.49. The molecule has 0 heterocycles. The van der Waals surface area contributed by atoms with E-state index in [-0.39, 0.29) is 17.9 Å². The molecule has 0 aliphatic heterocycles. The molecule has 5 nitrogen and oxygen atoms in total.